The number of carbonyl (C=O) groups excluding carboxylic acids is 2. The van der Waals surface area contributed by atoms with E-state index in [9.17, 15) is 22.8 Å². The van der Waals surface area contributed by atoms with E-state index in [1.54, 1.807) is 12.1 Å². The molecule has 7 nitrogen and oxygen atoms in total. The highest BCUT2D eigenvalue weighted by molar-refractivity contribution is 6.05. The van der Waals surface area contributed by atoms with Gasteiger partial charge in [-0.05, 0) is 48.5 Å². The van der Waals surface area contributed by atoms with Gasteiger partial charge in [-0.3, -0.25) is 10.1 Å². The molecule has 1 N–H and O–H groups in total. The number of aromatic nitrogens is 2. The molecule has 1 amide bonds. The van der Waals surface area contributed by atoms with E-state index in [0.29, 0.717) is 11.3 Å². The lowest BCUT2D eigenvalue weighted by molar-refractivity contribution is -0.137. The number of ether oxygens (including phenoxy) is 1. The van der Waals surface area contributed by atoms with E-state index < -0.39 is 23.6 Å². The molecular weight excluding hydrogens is 427 g/mol. The lowest BCUT2D eigenvalue weighted by atomic mass is 10.1. The van der Waals surface area contributed by atoms with Crippen LogP contribution in [0.4, 0.5) is 19.1 Å². The SMILES string of the molecule is COC(=O)c1cccc(C(=O)Nc2nc3cc(C(F)(F)F)ccc3n2Cc2ccco2)c1. The van der Waals surface area contributed by atoms with Gasteiger partial charge in [0.05, 0.1) is 42.1 Å². The number of imidazole rings is 1. The second-order valence-corrected chi connectivity index (χ2v) is 6.83. The van der Waals surface area contributed by atoms with Gasteiger partial charge in [-0.25, -0.2) is 9.78 Å². The van der Waals surface area contributed by atoms with Crippen molar-refractivity contribution < 1.29 is 31.9 Å². The summed E-state index contributed by atoms with van der Waals surface area (Å²) < 4.78 is 50.9. The van der Waals surface area contributed by atoms with Gasteiger partial charge in [0.25, 0.3) is 5.91 Å². The van der Waals surface area contributed by atoms with Crippen molar-refractivity contribution in [1.82, 2.24) is 9.55 Å². The van der Waals surface area contributed by atoms with Crippen LogP contribution in [0.15, 0.2) is 65.3 Å². The van der Waals surface area contributed by atoms with Crippen LogP contribution in [0.25, 0.3) is 11.0 Å². The molecule has 0 bridgehead atoms. The highest BCUT2D eigenvalue weighted by atomic mass is 19.4. The average Bonchev–Trinajstić information content (AvgIpc) is 3.40. The summed E-state index contributed by atoms with van der Waals surface area (Å²) in [6.07, 6.45) is -3.07. The van der Waals surface area contributed by atoms with Gasteiger partial charge in [0, 0.05) is 5.56 Å². The highest BCUT2D eigenvalue weighted by Crippen LogP contribution is 2.32. The van der Waals surface area contributed by atoms with Gasteiger partial charge in [0.1, 0.15) is 5.76 Å². The van der Waals surface area contributed by atoms with E-state index in [4.69, 9.17) is 4.42 Å². The number of fused-ring (bicyclic) bond motifs is 1. The topological polar surface area (TPSA) is 86.4 Å². The number of esters is 1. The third-order valence-electron chi connectivity index (χ3n) is 4.74. The molecule has 0 saturated heterocycles. The zero-order valence-electron chi connectivity index (χ0n) is 16.6. The maximum Gasteiger partial charge on any atom is 0.416 e. The van der Waals surface area contributed by atoms with Crippen molar-refractivity contribution in [2.45, 2.75) is 12.7 Å². The van der Waals surface area contributed by atoms with Crippen molar-refractivity contribution in [3.63, 3.8) is 0 Å². The van der Waals surface area contributed by atoms with Crippen LogP contribution in [0.1, 0.15) is 32.0 Å². The first kappa shape index (κ1) is 21.2. The average molecular weight is 443 g/mol. The molecule has 0 aliphatic carbocycles. The lowest BCUT2D eigenvalue weighted by Gasteiger charge is -2.10. The monoisotopic (exact) mass is 443 g/mol. The van der Waals surface area contributed by atoms with Gasteiger partial charge < -0.3 is 13.7 Å². The molecule has 0 aliphatic rings. The Hall–Kier alpha value is -4.08. The maximum absolute atomic E-state index is 13.1. The predicted molar refractivity (Wildman–Crippen MR) is 108 cm³/mol. The van der Waals surface area contributed by atoms with Gasteiger partial charge in [-0.2, -0.15) is 13.2 Å². The lowest BCUT2D eigenvalue weighted by Crippen LogP contribution is -2.17. The van der Waals surface area contributed by atoms with Crippen molar-refractivity contribution in [1.29, 1.82) is 0 Å². The number of halogens is 3. The quantitative estimate of drug-likeness (QED) is 0.451. The summed E-state index contributed by atoms with van der Waals surface area (Å²) in [7, 11) is 1.22. The normalized spacial score (nSPS) is 11.5. The number of nitrogens with zero attached hydrogens (tertiary/aromatic N) is 2. The number of carbonyl (C=O) groups is 2. The molecule has 10 heteroatoms. The summed E-state index contributed by atoms with van der Waals surface area (Å²) in [4.78, 5) is 28.8. The molecule has 0 aliphatic heterocycles. The van der Waals surface area contributed by atoms with Gasteiger partial charge in [-0.15, -0.1) is 0 Å². The van der Waals surface area contributed by atoms with Crippen molar-refractivity contribution in [2.75, 3.05) is 12.4 Å². The van der Waals surface area contributed by atoms with Gasteiger partial charge >= 0.3 is 12.1 Å². The maximum atomic E-state index is 13.1. The molecule has 0 saturated carbocycles. The van der Waals surface area contributed by atoms with Crippen LogP contribution in [0.3, 0.4) is 0 Å². The molecule has 164 valence electrons. The highest BCUT2D eigenvalue weighted by Gasteiger charge is 2.31. The molecule has 2 aromatic carbocycles. The number of anilines is 1. The summed E-state index contributed by atoms with van der Waals surface area (Å²) in [6.45, 7) is 0.132. The van der Waals surface area contributed by atoms with Crippen LogP contribution in [0.5, 0.6) is 0 Å². The Bertz CT molecular complexity index is 1290. The fourth-order valence-electron chi connectivity index (χ4n) is 3.20. The molecule has 0 spiro atoms. The number of rotatable bonds is 5. The molecular formula is C22H16F3N3O4. The van der Waals surface area contributed by atoms with Crippen LogP contribution in [-0.2, 0) is 17.5 Å². The third-order valence-corrected chi connectivity index (χ3v) is 4.74. The molecule has 4 aromatic rings. The summed E-state index contributed by atoms with van der Waals surface area (Å²) in [5.41, 5.74) is -0.0751. The Morgan fingerprint density at radius 2 is 1.88 bits per heavy atom. The summed E-state index contributed by atoms with van der Waals surface area (Å²) >= 11 is 0. The Morgan fingerprint density at radius 3 is 2.56 bits per heavy atom. The number of nitrogens with one attached hydrogen (secondary N) is 1. The third kappa shape index (κ3) is 4.20. The second kappa shape index (κ2) is 8.22. The van der Waals surface area contributed by atoms with Crippen LogP contribution in [0.2, 0.25) is 0 Å². The molecule has 0 atom stereocenters. The van der Waals surface area contributed by atoms with Gasteiger partial charge in [0.15, 0.2) is 0 Å². The fraction of sp³-hybridized carbons (Fsp3) is 0.136. The minimum Gasteiger partial charge on any atom is -0.467 e. The number of alkyl halides is 3. The smallest absolute Gasteiger partial charge is 0.416 e. The van der Waals surface area contributed by atoms with E-state index in [1.165, 1.54) is 48.3 Å². The largest absolute Gasteiger partial charge is 0.467 e. The van der Waals surface area contributed by atoms with Crippen molar-refractivity contribution in [3.8, 4) is 0 Å². The van der Waals surface area contributed by atoms with Crippen LogP contribution < -0.4 is 5.32 Å². The Labute approximate surface area is 179 Å². The standard InChI is InChI=1S/C22H16F3N3O4/c1-31-20(30)14-5-2-4-13(10-14)19(29)27-21-26-17-11-15(22(23,24)25)7-8-18(17)28(21)12-16-6-3-9-32-16/h2-11H,12H2,1H3,(H,26,27,29). The van der Waals surface area contributed by atoms with E-state index >= 15 is 0 Å². The Kier molecular flexibility index (Phi) is 5.43. The number of benzene rings is 2. The molecule has 0 unspecified atom stereocenters. The molecule has 0 radical (unpaired) electrons. The molecule has 0 fully saturated rings. The number of hydrogen-bond donors (Lipinski definition) is 1. The fourth-order valence-corrected chi connectivity index (χ4v) is 3.20. The molecule has 32 heavy (non-hydrogen) atoms. The number of methoxy groups -OCH3 is 1. The first-order valence-electron chi connectivity index (χ1n) is 9.36. The van der Waals surface area contributed by atoms with Crippen molar-refractivity contribution >= 4 is 28.9 Å². The van der Waals surface area contributed by atoms with E-state index in [0.717, 1.165) is 12.1 Å². The van der Waals surface area contributed by atoms with Crippen LogP contribution >= 0.6 is 0 Å². The van der Waals surface area contributed by atoms with Gasteiger partial charge in [-0.1, -0.05) is 6.07 Å². The minimum atomic E-state index is -4.53. The number of amides is 1. The second-order valence-electron chi connectivity index (χ2n) is 6.83. The van der Waals surface area contributed by atoms with Crippen molar-refractivity contribution in [3.05, 3.63) is 83.3 Å². The molecule has 4 rings (SSSR count). The summed E-state index contributed by atoms with van der Waals surface area (Å²) in [5.74, 6) is -0.649. The molecule has 2 heterocycles. The molecule has 2 aromatic heterocycles. The predicted octanol–water partition coefficient (Wildman–Crippen LogP) is 4.74. The first-order valence-corrected chi connectivity index (χ1v) is 9.36. The Balaban J connectivity index is 1.73. The zero-order chi connectivity index (χ0) is 22.9. The number of hydrogen-bond acceptors (Lipinski definition) is 5. The summed E-state index contributed by atoms with van der Waals surface area (Å²) in [6, 6.07) is 12.4. The van der Waals surface area contributed by atoms with Crippen molar-refractivity contribution in [2.24, 2.45) is 0 Å². The zero-order valence-corrected chi connectivity index (χ0v) is 16.6. The number of furan rings is 1. The van der Waals surface area contributed by atoms with Crippen LogP contribution in [-0.4, -0.2) is 28.5 Å². The summed E-state index contributed by atoms with van der Waals surface area (Å²) in [5, 5.41) is 2.61. The van der Waals surface area contributed by atoms with E-state index in [2.05, 4.69) is 15.0 Å². The minimum absolute atomic E-state index is 0.0317. The first-order chi connectivity index (χ1) is 15.3. The van der Waals surface area contributed by atoms with E-state index in [1.807, 2.05) is 0 Å². The Morgan fingerprint density at radius 1 is 1.09 bits per heavy atom. The van der Waals surface area contributed by atoms with Crippen LogP contribution in [0, 0.1) is 0 Å². The van der Waals surface area contributed by atoms with Gasteiger partial charge in [0.2, 0.25) is 5.95 Å². The van der Waals surface area contributed by atoms with E-state index in [-0.39, 0.29) is 29.1 Å².